The average Bonchev–Trinajstić information content (AvgIpc) is 3.26. The number of rotatable bonds is 4. The molecule has 1 aliphatic carbocycles. The molecular weight excluding hydrogens is 423 g/mol. The smallest absolute Gasteiger partial charge is 0.261 e. The first kappa shape index (κ1) is 20.8. The van der Waals surface area contributed by atoms with Crippen molar-refractivity contribution in [2.45, 2.75) is 37.1 Å². The summed E-state index contributed by atoms with van der Waals surface area (Å²) in [6.45, 7) is 3.87. The summed E-state index contributed by atoms with van der Waals surface area (Å²) < 4.78 is 42.5. The second-order valence-corrected chi connectivity index (χ2v) is 10.4. The molecule has 32 heavy (non-hydrogen) atoms. The molecule has 0 aromatic heterocycles. The second kappa shape index (κ2) is 7.78. The normalized spacial score (nSPS) is 21.5. The fraction of sp³-hybridized carbons (Fsp3) is 0.231. The van der Waals surface area contributed by atoms with E-state index in [-0.39, 0.29) is 28.6 Å². The highest BCUT2D eigenvalue weighted by molar-refractivity contribution is 7.92. The van der Waals surface area contributed by atoms with Gasteiger partial charge in [0.25, 0.3) is 10.0 Å². The highest BCUT2D eigenvalue weighted by Crippen LogP contribution is 2.50. The van der Waals surface area contributed by atoms with Gasteiger partial charge < -0.3 is 5.32 Å². The van der Waals surface area contributed by atoms with Crippen LogP contribution in [0.15, 0.2) is 77.7 Å². The molecule has 6 heteroatoms. The molecule has 3 aromatic rings. The number of aryl methyl sites for hydroxylation is 2. The van der Waals surface area contributed by atoms with Crippen LogP contribution in [0.25, 0.3) is 0 Å². The minimum Gasteiger partial charge on any atom is -0.378 e. The third-order valence-electron chi connectivity index (χ3n) is 6.50. The molecule has 4 nitrogen and oxygen atoms in total. The van der Waals surface area contributed by atoms with Gasteiger partial charge in [-0.1, -0.05) is 42.0 Å². The zero-order chi connectivity index (χ0) is 22.5. The zero-order valence-electron chi connectivity index (χ0n) is 18.0. The van der Waals surface area contributed by atoms with Crippen LogP contribution in [0, 0.1) is 25.6 Å². The molecule has 2 aliphatic rings. The molecule has 5 rings (SSSR count). The topological polar surface area (TPSA) is 58.2 Å². The van der Waals surface area contributed by atoms with Gasteiger partial charge in [-0.15, -0.1) is 0 Å². The van der Waals surface area contributed by atoms with Crippen LogP contribution in [0.3, 0.4) is 0 Å². The Kier molecular flexibility index (Phi) is 5.05. The first-order valence-electron chi connectivity index (χ1n) is 10.7. The highest BCUT2D eigenvalue weighted by Gasteiger charge is 2.38. The van der Waals surface area contributed by atoms with Gasteiger partial charge in [0.1, 0.15) is 5.82 Å². The van der Waals surface area contributed by atoms with Crippen LogP contribution in [-0.4, -0.2) is 8.42 Å². The van der Waals surface area contributed by atoms with Gasteiger partial charge in [0, 0.05) is 11.6 Å². The van der Waals surface area contributed by atoms with E-state index in [4.69, 9.17) is 0 Å². The third kappa shape index (κ3) is 3.69. The Morgan fingerprint density at radius 1 is 1.00 bits per heavy atom. The number of nitrogens with one attached hydrogen (secondary N) is 2. The van der Waals surface area contributed by atoms with Crippen molar-refractivity contribution in [1.29, 1.82) is 0 Å². The van der Waals surface area contributed by atoms with E-state index in [9.17, 15) is 12.8 Å². The van der Waals surface area contributed by atoms with E-state index < -0.39 is 10.0 Å². The molecule has 0 bridgehead atoms. The number of fused-ring (bicyclic) bond motifs is 3. The second-order valence-electron chi connectivity index (χ2n) is 8.70. The summed E-state index contributed by atoms with van der Waals surface area (Å²) in [6, 6.07) is 17.6. The van der Waals surface area contributed by atoms with Crippen LogP contribution in [0.2, 0.25) is 0 Å². The Labute approximate surface area is 188 Å². The predicted molar refractivity (Wildman–Crippen MR) is 126 cm³/mol. The maximum absolute atomic E-state index is 13.4. The van der Waals surface area contributed by atoms with Gasteiger partial charge in [-0.25, -0.2) is 12.8 Å². The van der Waals surface area contributed by atoms with E-state index >= 15 is 0 Å². The largest absolute Gasteiger partial charge is 0.378 e. The lowest BCUT2D eigenvalue weighted by atomic mass is 9.77. The quantitative estimate of drug-likeness (QED) is 0.476. The Morgan fingerprint density at radius 2 is 1.78 bits per heavy atom. The molecule has 0 amide bonds. The van der Waals surface area contributed by atoms with E-state index in [1.165, 1.54) is 12.1 Å². The fourth-order valence-corrected chi connectivity index (χ4v) is 6.04. The maximum atomic E-state index is 13.4. The lowest BCUT2D eigenvalue weighted by Crippen LogP contribution is -2.29. The number of benzene rings is 3. The van der Waals surface area contributed by atoms with Gasteiger partial charge in [-0.3, -0.25) is 4.72 Å². The van der Waals surface area contributed by atoms with Crippen molar-refractivity contribution in [3.05, 3.63) is 101 Å². The molecule has 2 N–H and O–H groups in total. The Morgan fingerprint density at radius 3 is 2.53 bits per heavy atom. The van der Waals surface area contributed by atoms with Gasteiger partial charge >= 0.3 is 0 Å². The van der Waals surface area contributed by atoms with Gasteiger partial charge in [0.2, 0.25) is 0 Å². The van der Waals surface area contributed by atoms with Gasteiger partial charge in [-0.05, 0) is 79.3 Å². The van der Waals surface area contributed by atoms with Crippen molar-refractivity contribution in [3.63, 3.8) is 0 Å². The predicted octanol–water partition coefficient (Wildman–Crippen LogP) is 6.07. The van der Waals surface area contributed by atoms with Gasteiger partial charge in [0.15, 0.2) is 0 Å². The van der Waals surface area contributed by atoms with E-state index in [1.54, 1.807) is 18.2 Å². The third-order valence-corrected chi connectivity index (χ3v) is 7.86. The SMILES string of the molecule is Cc1ccc(NS(=O)(=O)c2ccc3c(c2)[C@H]2C=CC[C@H]2[C@@H](c2ccc(F)cc2)N3)c(C)c1. The molecule has 1 aliphatic heterocycles. The minimum atomic E-state index is -3.72. The van der Waals surface area contributed by atoms with Crippen LogP contribution < -0.4 is 10.0 Å². The van der Waals surface area contributed by atoms with Gasteiger partial charge in [-0.2, -0.15) is 0 Å². The summed E-state index contributed by atoms with van der Waals surface area (Å²) in [5, 5.41) is 3.57. The summed E-state index contributed by atoms with van der Waals surface area (Å²) >= 11 is 0. The molecule has 0 spiro atoms. The summed E-state index contributed by atoms with van der Waals surface area (Å²) in [7, 11) is -3.72. The van der Waals surface area contributed by atoms with E-state index in [0.29, 0.717) is 5.69 Å². The lowest BCUT2D eigenvalue weighted by Gasteiger charge is -2.37. The Hall–Kier alpha value is -3.12. The van der Waals surface area contributed by atoms with Crippen LogP contribution in [0.1, 0.15) is 40.6 Å². The monoisotopic (exact) mass is 448 g/mol. The van der Waals surface area contributed by atoms with E-state index in [0.717, 1.165) is 34.4 Å². The highest BCUT2D eigenvalue weighted by atomic mass is 32.2. The first-order chi connectivity index (χ1) is 15.3. The van der Waals surface area contributed by atoms with Crippen LogP contribution in [0.4, 0.5) is 15.8 Å². The van der Waals surface area contributed by atoms with Crippen molar-refractivity contribution >= 4 is 21.4 Å². The number of hydrogen-bond donors (Lipinski definition) is 2. The van der Waals surface area contributed by atoms with Crippen molar-refractivity contribution in [2.75, 3.05) is 10.0 Å². The lowest BCUT2D eigenvalue weighted by molar-refractivity contribution is 0.424. The fourth-order valence-electron chi connectivity index (χ4n) is 4.87. The van der Waals surface area contributed by atoms with Gasteiger partial charge in [0.05, 0.1) is 16.6 Å². The average molecular weight is 449 g/mol. The number of allylic oxidation sites excluding steroid dienone is 2. The number of halogens is 1. The molecule has 0 saturated heterocycles. The summed E-state index contributed by atoms with van der Waals surface area (Å²) in [5.41, 5.74) is 5.47. The van der Waals surface area contributed by atoms with Crippen LogP contribution in [0.5, 0.6) is 0 Å². The first-order valence-corrected chi connectivity index (χ1v) is 12.2. The molecule has 3 atom stereocenters. The summed E-state index contributed by atoms with van der Waals surface area (Å²) in [5.74, 6) is 0.105. The minimum absolute atomic E-state index is 0.0406. The molecule has 0 fully saturated rings. The molecule has 3 aromatic carbocycles. The summed E-state index contributed by atoms with van der Waals surface area (Å²) in [6.07, 6.45) is 5.20. The number of hydrogen-bond acceptors (Lipinski definition) is 3. The molecule has 0 saturated carbocycles. The molecule has 0 unspecified atom stereocenters. The maximum Gasteiger partial charge on any atom is 0.261 e. The molecule has 164 valence electrons. The van der Waals surface area contributed by atoms with Crippen molar-refractivity contribution in [2.24, 2.45) is 5.92 Å². The standard InChI is InChI=1S/C26H25FN2O2S/c1-16-6-12-24(17(2)14-16)29-32(30,31)20-11-13-25-23(15-20)21-4-3-5-22(21)26(28-25)18-7-9-19(27)10-8-18/h3-4,6-15,21-22,26,28-29H,5H2,1-2H3/t21-,22+,26+/m0/s1. The molecule has 1 heterocycles. The zero-order valence-corrected chi connectivity index (χ0v) is 18.8. The van der Waals surface area contributed by atoms with Crippen LogP contribution >= 0.6 is 0 Å². The van der Waals surface area contributed by atoms with Crippen molar-refractivity contribution < 1.29 is 12.8 Å². The van der Waals surface area contributed by atoms with Crippen LogP contribution in [-0.2, 0) is 10.0 Å². The number of anilines is 2. The van der Waals surface area contributed by atoms with Crippen molar-refractivity contribution in [3.8, 4) is 0 Å². The number of sulfonamides is 1. The van der Waals surface area contributed by atoms with E-state index in [1.807, 2.05) is 44.2 Å². The van der Waals surface area contributed by atoms with E-state index in [2.05, 4.69) is 22.2 Å². The Balaban J connectivity index is 1.49. The summed E-state index contributed by atoms with van der Waals surface area (Å²) in [4.78, 5) is 0.248. The Bertz CT molecular complexity index is 1320. The molecular formula is C26H25FN2O2S. The van der Waals surface area contributed by atoms with Crippen molar-refractivity contribution in [1.82, 2.24) is 0 Å². The molecule has 0 radical (unpaired) electrons.